The molecule has 122 valence electrons. The van der Waals surface area contributed by atoms with Crippen molar-refractivity contribution in [2.45, 2.75) is 6.92 Å². The Kier molecular flexibility index (Phi) is 5.70. The van der Waals surface area contributed by atoms with E-state index < -0.39 is 0 Å². The van der Waals surface area contributed by atoms with Crippen LogP contribution in [0.15, 0.2) is 29.6 Å². The minimum Gasteiger partial charge on any atom is -0.494 e. The van der Waals surface area contributed by atoms with E-state index in [9.17, 15) is 9.59 Å². The predicted molar refractivity (Wildman–Crippen MR) is 89.7 cm³/mol. The van der Waals surface area contributed by atoms with E-state index in [1.54, 1.807) is 12.4 Å². The molecule has 1 aromatic heterocycles. The van der Waals surface area contributed by atoms with Gasteiger partial charge in [0.05, 0.1) is 13.2 Å². The summed E-state index contributed by atoms with van der Waals surface area (Å²) in [7, 11) is 3.11. The van der Waals surface area contributed by atoms with Gasteiger partial charge in [-0.3, -0.25) is 9.59 Å². The van der Waals surface area contributed by atoms with Gasteiger partial charge < -0.3 is 15.0 Å². The molecule has 1 N–H and O–H groups in total. The van der Waals surface area contributed by atoms with Gasteiger partial charge in [-0.25, -0.2) is 4.98 Å². The quantitative estimate of drug-likeness (QED) is 0.878. The third-order valence-corrected chi connectivity index (χ3v) is 4.03. The summed E-state index contributed by atoms with van der Waals surface area (Å²) < 4.78 is 5.40. The van der Waals surface area contributed by atoms with Crippen LogP contribution in [0.2, 0.25) is 0 Å². The third-order valence-electron chi connectivity index (χ3n) is 3.14. The largest absolute Gasteiger partial charge is 0.494 e. The number of amides is 2. The molecule has 23 heavy (non-hydrogen) atoms. The van der Waals surface area contributed by atoms with Gasteiger partial charge in [0.15, 0.2) is 0 Å². The fourth-order valence-electron chi connectivity index (χ4n) is 1.93. The molecule has 6 nitrogen and oxygen atoms in total. The number of carbonyl (C=O) groups excluding carboxylic acids is 2. The Morgan fingerprint density at radius 3 is 2.61 bits per heavy atom. The van der Waals surface area contributed by atoms with Crippen LogP contribution in [-0.2, 0) is 4.79 Å². The number of ether oxygens (including phenoxy) is 1. The third kappa shape index (κ3) is 4.29. The summed E-state index contributed by atoms with van der Waals surface area (Å²) in [5.74, 6) is 0.305. The number of nitrogens with zero attached hydrogens (tertiary/aromatic N) is 2. The van der Waals surface area contributed by atoms with E-state index in [4.69, 9.17) is 4.74 Å². The van der Waals surface area contributed by atoms with Gasteiger partial charge in [-0.2, -0.15) is 0 Å². The molecule has 2 amide bonds. The molecular formula is C16H19N3O3S. The van der Waals surface area contributed by atoms with Crippen LogP contribution in [0.3, 0.4) is 0 Å². The molecule has 0 unspecified atom stereocenters. The Bertz CT molecular complexity index is 682. The molecule has 0 fully saturated rings. The van der Waals surface area contributed by atoms with Crippen LogP contribution < -0.4 is 10.1 Å². The topological polar surface area (TPSA) is 71.5 Å². The number of benzene rings is 1. The van der Waals surface area contributed by atoms with E-state index in [1.165, 1.54) is 23.3 Å². The Morgan fingerprint density at radius 2 is 2.00 bits per heavy atom. The van der Waals surface area contributed by atoms with E-state index in [2.05, 4.69) is 10.3 Å². The Labute approximate surface area is 139 Å². The number of hydrogen-bond donors (Lipinski definition) is 1. The smallest absolute Gasteiger partial charge is 0.273 e. The lowest BCUT2D eigenvalue weighted by Crippen LogP contribution is -2.37. The minimum atomic E-state index is -0.276. The van der Waals surface area contributed by atoms with Crippen LogP contribution in [0.4, 0.5) is 0 Å². The van der Waals surface area contributed by atoms with Crippen molar-refractivity contribution >= 4 is 23.2 Å². The van der Waals surface area contributed by atoms with Gasteiger partial charge in [-0.15, -0.1) is 11.3 Å². The highest BCUT2D eigenvalue weighted by Gasteiger charge is 2.17. The second-order valence-electron chi connectivity index (χ2n) is 4.83. The maximum atomic E-state index is 12.3. The Balaban J connectivity index is 2.10. The molecule has 0 bridgehead atoms. The molecule has 0 saturated carbocycles. The molecular weight excluding hydrogens is 314 g/mol. The summed E-state index contributed by atoms with van der Waals surface area (Å²) in [6, 6.07) is 7.57. The van der Waals surface area contributed by atoms with Crippen molar-refractivity contribution in [1.82, 2.24) is 15.2 Å². The number of rotatable bonds is 6. The lowest BCUT2D eigenvalue weighted by atomic mass is 10.2. The van der Waals surface area contributed by atoms with Crippen molar-refractivity contribution in [3.63, 3.8) is 0 Å². The lowest BCUT2D eigenvalue weighted by Gasteiger charge is -2.14. The van der Waals surface area contributed by atoms with Crippen LogP contribution in [0.5, 0.6) is 5.75 Å². The first-order valence-corrected chi connectivity index (χ1v) is 8.08. The average molecular weight is 333 g/mol. The Hall–Kier alpha value is -2.41. The SMILES string of the molecule is CCOc1ccc(-c2nc(C(=O)N(C)CC(=O)NC)cs2)cc1. The standard InChI is InChI=1S/C16H19N3O3S/c1-4-22-12-7-5-11(6-8-12)15-18-13(10-23-15)16(21)19(3)9-14(20)17-2/h5-8,10H,4,9H2,1-3H3,(H,17,20). The van der Waals surface area contributed by atoms with E-state index in [1.807, 2.05) is 31.2 Å². The molecule has 0 radical (unpaired) electrons. The highest BCUT2D eigenvalue weighted by Crippen LogP contribution is 2.26. The molecule has 0 aliphatic rings. The van der Waals surface area contributed by atoms with E-state index in [0.717, 1.165) is 16.3 Å². The summed E-state index contributed by atoms with van der Waals surface area (Å²) >= 11 is 1.39. The number of likely N-dealkylation sites (N-methyl/N-ethyl adjacent to an activating group) is 2. The second-order valence-corrected chi connectivity index (χ2v) is 5.69. The van der Waals surface area contributed by atoms with Crippen LogP contribution in [0.25, 0.3) is 10.6 Å². The predicted octanol–water partition coefficient (Wildman–Crippen LogP) is 2.03. The summed E-state index contributed by atoms with van der Waals surface area (Å²) in [5.41, 5.74) is 1.26. The van der Waals surface area contributed by atoms with Crippen LogP contribution >= 0.6 is 11.3 Å². The van der Waals surface area contributed by atoms with Gasteiger partial charge in [-0.1, -0.05) is 0 Å². The molecule has 0 saturated heterocycles. The van der Waals surface area contributed by atoms with Gasteiger partial charge in [0, 0.05) is 25.0 Å². The van der Waals surface area contributed by atoms with Crippen molar-refractivity contribution in [2.24, 2.45) is 0 Å². The molecule has 2 rings (SSSR count). The normalized spacial score (nSPS) is 10.2. The second kappa shape index (κ2) is 7.73. The zero-order valence-corrected chi connectivity index (χ0v) is 14.1. The van der Waals surface area contributed by atoms with Gasteiger partial charge in [0.1, 0.15) is 16.5 Å². The molecule has 0 atom stereocenters. The Morgan fingerprint density at radius 1 is 1.30 bits per heavy atom. The minimum absolute atomic E-state index is 0.00521. The zero-order chi connectivity index (χ0) is 16.8. The summed E-state index contributed by atoms with van der Waals surface area (Å²) in [5, 5.41) is 4.94. The molecule has 0 aliphatic heterocycles. The highest BCUT2D eigenvalue weighted by atomic mass is 32.1. The molecule has 1 heterocycles. The van der Waals surface area contributed by atoms with Gasteiger partial charge in [0.2, 0.25) is 5.91 Å². The van der Waals surface area contributed by atoms with Gasteiger partial charge >= 0.3 is 0 Å². The van der Waals surface area contributed by atoms with Crippen molar-refractivity contribution < 1.29 is 14.3 Å². The zero-order valence-electron chi connectivity index (χ0n) is 13.3. The van der Waals surface area contributed by atoms with E-state index in [0.29, 0.717) is 12.3 Å². The summed E-state index contributed by atoms with van der Waals surface area (Å²) in [4.78, 5) is 29.3. The highest BCUT2D eigenvalue weighted by molar-refractivity contribution is 7.13. The number of nitrogens with one attached hydrogen (secondary N) is 1. The molecule has 0 spiro atoms. The molecule has 7 heteroatoms. The molecule has 0 aliphatic carbocycles. The maximum absolute atomic E-state index is 12.3. The number of thiazole rings is 1. The van der Waals surface area contributed by atoms with Crippen molar-refractivity contribution in [3.05, 3.63) is 35.3 Å². The monoisotopic (exact) mass is 333 g/mol. The van der Waals surface area contributed by atoms with Crippen molar-refractivity contribution in [1.29, 1.82) is 0 Å². The molecule has 1 aromatic carbocycles. The van der Waals surface area contributed by atoms with E-state index in [-0.39, 0.29) is 18.4 Å². The van der Waals surface area contributed by atoms with Gasteiger partial charge in [-0.05, 0) is 31.2 Å². The fraction of sp³-hybridized carbons (Fsp3) is 0.312. The first kappa shape index (κ1) is 17.0. The number of aromatic nitrogens is 1. The lowest BCUT2D eigenvalue weighted by molar-refractivity contribution is -0.121. The van der Waals surface area contributed by atoms with Crippen LogP contribution in [0, 0.1) is 0 Å². The molecule has 2 aromatic rings. The van der Waals surface area contributed by atoms with E-state index >= 15 is 0 Å². The fourth-order valence-corrected chi connectivity index (χ4v) is 2.73. The maximum Gasteiger partial charge on any atom is 0.273 e. The number of carbonyl (C=O) groups is 2. The van der Waals surface area contributed by atoms with Crippen molar-refractivity contribution in [2.75, 3.05) is 27.2 Å². The average Bonchev–Trinajstić information content (AvgIpc) is 3.04. The number of hydrogen-bond acceptors (Lipinski definition) is 5. The first-order chi connectivity index (χ1) is 11.0. The summed E-state index contributed by atoms with van der Waals surface area (Å²) in [6.45, 7) is 2.56. The van der Waals surface area contributed by atoms with Crippen LogP contribution in [0.1, 0.15) is 17.4 Å². The van der Waals surface area contributed by atoms with Gasteiger partial charge in [0.25, 0.3) is 5.91 Å². The first-order valence-electron chi connectivity index (χ1n) is 7.20. The summed E-state index contributed by atoms with van der Waals surface area (Å²) in [6.07, 6.45) is 0. The van der Waals surface area contributed by atoms with Crippen LogP contribution in [-0.4, -0.2) is 48.9 Å². The van der Waals surface area contributed by atoms with Crippen molar-refractivity contribution in [3.8, 4) is 16.3 Å².